The molecular formula is C32H36N2O10S2. The number of benzene rings is 1. The van der Waals surface area contributed by atoms with Crippen molar-refractivity contribution in [2.45, 2.75) is 101 Å². The van der Waals surface area contributed by atoms with E-state index >= 15 is 0 Å². The van der Waals surface area contributed by atoms with Gasteiger partial charge >= 0.3 is 23.9 Å². The number of rotatable bonds is 9. The van der Waals surface area contributed by atoms with Crippen LogP contribution in [0.25, 0.3) is 10.2 Å². The Hall–Kier alpha value is -3.75. The van der Waals surface area contributed by atoms with Crippen molar-refractivity contribution in [2.24, 2.45) is 0 Å². The van der Waals surface area contributed by atoms with Crippen molar-refractivity contribution in [3.8, 4) is 0 Å². The van der Waals surface area contributed by atoms with Gasteiger partial charge in [0.2, 0.25) is 0 Å². The zero-order chi connectivity index (χ0) is 33.0. The lowest BCUT2D eigenvalue weighted by molar-refractivity contribution is -0.237. The average molecular weight is 673 g/mol. The van der Waals surface area contributed by atoms with E-state index < -0.39 is 53.7 Å². The van der Waals surface area contributed by atoms with Crippen LogP contribution < -0.4 is 5.56 Å². The normalized spacial score (nSPS) is 22.7. The van der Waals surface area contributed by atoms with E-state index in [1.165, 1.54) is 39.0 Å². The van der Waals surface area contributed by atoms with Crippen molar-refractivity contribution in [3.63, 3.8) is 0 Å². The zero-order valence-electron chi connectivity index (χ0n) is 26.0. The summed E-state index contributed by atoms with van der Waals surface area (Å²) in [5, 5.41) is 0.905. The van der Waals surface area contributed by atoms with Gasteiger partial charge in [0.25, 0.3) is 5.56 Å². The minimum atomic E-state index is -1.33. The Bertz CT molecular complexity index is 1670. The molecule has 1 saturated heterocycles. The van der Waals surface area contributed by atoms with E-state index in [-0.39, 0.29) is 18.7 Å². The van der Waals surface area contributed by atoms with E-state index in [4.69, 9.17) is 28.7 Å². The molecule has 0 unspecified atom stereocenters. The third-order valence-corrected chi connectivity index (χ3v) is 9.96. The number of fused-ring (bicyclic) bond motifs is 3. The van der Waals surface area contributed by atoms with E-state index in [1.54, 1.807) is 4.57 Å². The van der Waals surface area contributed by atoms with Gasteiger partial charge in [-0.25, -0.2) is 4.98 Å². The molecule has 12 nitrogen and oxygen atoms in total. The maximum absolute atomic E-state index is 14.3. The molecule has 0 bridgehead atoms. The second-order valence-electron chi connectivity index (χ2n) is 11.2. The number of carbonyl (C=O) groups excluding carboxylic acids is 4. The summed E-state index contributed by atoms with van der Waals surface area (Å²) >= 11 is 2.53. The van der Waals surface area contributed by atoms with Gasteiger partial charge in [0, 0.05) is 32.6 Å². The second kappa shape index (κ2) is 14.8. The van der Waals surface area contributed by atoms with E-state index in [0.29, 0.717) is 15.4 Å². The van der Waals surface area contributed by atoms with Crippen LogP contribution in [0.3, 0.4) is 0 Å². The van der Waals surface area contributed by atoms with Crippen molar-refractivity contribution in [1.82, 2.24) is 9.55 Å². The van der Waals surface area contributed by atoms with Crippen molar-refractivity contribution >= 4 is 57.2 Å². The van der Waals surface area contributed by atoms with Gasteiger partial charge < -0.3 is 23.7 Å². The summed E-state index contributed by atoms with van der Waals surface area (Å²) in [5.41, 5.74) is 0.613. The minimum Gasteiger partial charge on any atom is -0.463 e. The summed E-state index contributed by atoms with van der Waals surface area (Å²) < 4.78 is 29.9. The molecule has 0 spiro atoms. The predicted molar refractivity (Wildman–Crippen MR) is 168 cm³/mol. The minimum absolute atomic E-state index is 0.193. The summed E-state index contributed by atoms with van der Waals surface area (Å²) in [7, 11) is 0. The number of thiophene rings is 1. The van der Waals surface area contributed by atoms with Crippen LogP contribution in [0.15, 0.2) is 40.3 Å². The molecule has 1 aromatic carbocycles. The Kier molecular flexibility index (Phi) is 10.8. The van der Waals surface area contributed by atoms with Crippen LogP contribution in [0, 0.1) is 0 Å². The van der Waals surface area contributed by atoms with Crippen LogP contribution in [-0.4, -0.2) is 69.9 Å². The first-order chi connectivity index (χ1) is 22.0. The highest BCUT2D eigenvalue weighted by atomic mass is 32.2. The molecule has 3 aromatic rings. The SMILES string of the molecule is CC(=O)OC[C@H]1O[C@@H](Sc2nc3sc4c(c3c(=O)n2Cc2ccccc2)CCCCC4)[C@H](OC(C)=O)[C@@H](OC(C)=O)[C@@H]1OC(C)=O. The third kappa shape index (κ3) is 7.78. The first-order valence-electron chi connectivity index (χ1n) is 15.1. The fourth-order valence-electron chi connectivity index (χ4n) is 5.78. The lowest BCUT2D eigenvalue weighted by Crippen LogP contribution is -2.61. The van der Waals surface area contributed by atoms with Crippen molar-refractivity contribution in [2.75, 3.05) is 6.61 Å². The molecule has 1 fully saturated rings. The fourth-order valence-corrected chi connectivity index (χ4v) is 8.26. The molecule has 2 aliphatic rings. The molecule has 246 valence electrons. The predicted octanol–water partition coefficient (Wildman–Crippen LogP) is 3.95. The molecule has 1 aliphatic heterocycles. The average Bonchev–Trinajstić information content (AvgIpc) is 3.17. The number of carbonyl (C=O) groups is 4. The summed E-state index contributed by atoms with van der Waals surface area (Å²) in [6.45, 7) is 4.59. The largest absolute Gasteiger partial charge is 0.463 e. The highest BCUT2D eigenvalue weighted by Gasteiger charge is 2.53. The standard InChI is InChI=1S/C32H36N2O10S2/c1-17(35)40-16-23-26(41-18(2)36)27(42-19(3)37)28(43-20(4)38)31(44-23)46-32-33-29-25(22-13-9-6-10-14-24(22)45-29)30(39)34(32)15-21-11-7-5-8-12-21/h5,7-8,11-12,23,26-28,31H,6,9-10,13-16H2,1-4H3/t23-,26-,27+,28-,31+/m1/s1. The van der Waals surface area contributed by atoms with Crippen LogP contribution >= 0.6 is 23.1 Å². The number of ether oxygens (including phenoxy) is 5. The van der Waals surface area contributed by atoms with E-state index in [1.807, 2.05) is 30.3 Å². The Balaban J connectivity index is 1.63. The second-order valence-corrected chi connectivity index (χ2v) is 13.4. The third-order valence-electron chi connectivity index (χ3n) is 7.64. The number of aryl methyl sites for hydroxylation is 2. The summed E-state index contributed by atoms with van der Waals surface area (Å²) in [4.78, 5) is 69.6. The van der Waals surface area contributed by atoms with Gasteiger partial charge in [-0.15, -0.1) is 11.3 Å². The molecule has 0 radical (unpaired) electrons. The Labute approximate surface area is 273 Å². The number of hydrogen-bond donors (Lipinski definition) is 0. The number of aromatic nitrogens is 2. The molecule has 5 rings (SSSR count). The zero-order valence-corrected chi connectivity index (χ0v) is 27.6. The monoisotopic (exact) mass is 672 g/mol. The first-order valence-corrected chi connectivity index (χ1v) is 16.8. The molecule has 1 aliphatic carbocycles. The Morgan fingerprint density at radius 3 is 2.22 bits per heavy atom. The molecule has 0 saturated carbocycles. The molecule has 5 atom stereocenters. The highest BCUT2D eigenvalue weighted by molar-refractivity contribution is 7.99. The van der Waals surface area contributed by atoms with E-state index in [2.05, 4.69) is 0 Å². The number of nitrogens with zero attached hydrogens (tertiary/aromatic N) is 2. The van der Waals surface area contributed by atoms with Crippen LogP contribution in [-0.2, 0) is 62.2 Å². The van der Waals surface area contributed by atoms with Gasteiger partial charge in [-0.1, -0.05) is 48.5 Å². The summed E-state index contributed by atoms with van der Waals surface area (Å²) in [6, 6.07) is 9.48. The van der Waals surface area contributed by atoms with Crippen LogP contribution in [0.5, 0.6) is 0 Å². The van der Waals surface area contributed by atoms with Crippen LogP contribution in [0.1, 0.15) is 63.0 Å². The number of hydrogen-bond acceptors (Lipinski definition) is 13. The molecule has 2 aromatic heterocycles. The number of esters is 4. The van der Waals surface area contributed by atoms with Crippen molar-refractivity contribution < 1.29 is 42.9 Å². The first kappa shape index (κ1) is 33.6. The molecule has 3 heterocycles. The number of thioether (sulfide) groups is 1. The molecule has 0 amide bonds. The van der Waals surface area contributed by atoms with Crippen molar-refractivity contribution in [3.05, 3.63) is 56.7 Å². The van der Waals surface area contributed by atoms with Gasteiger partial charge in [0.15, 0.2) is 28.9 Å². The van der Waals surface area contributed by atoms with Crippen LogP contribution in [0.4, 0.5) is 0 Å². The molecule has 46 heavy (non-hydrogen) atoms. The fraction of sp³-hybridized carbons (Fsp3) is 0.500. The highest BCUT2D eigenvalue weighted by Crippen LogP contribution is 2.39. The maximum Gasteiger partial charge on any atom is 0.303 e. The van der Waals surface area contributed by atoms with E-state index in [0.717, 1.165) is 59.9 Å². The molecule has 14 heteroatoms. The molecule has 0 N–H and O–H groups in total. The van der Waals surface area contributed by atoms with Gasteiger partial charge in [0.05, 0.1) is 11.9 Å². The summed E-state index contributed by atoms with van der Waals surface area (Å²) in [5.74, 6) is -2.76. The van der Waals surface area contributed by atoms with Gasteiger partial charge in [-0.2, -0.15) is 0 Å². The summed E-state index contributed by atoms with van der Waals surface area (Å²) in [6.07, 6.45) is -0.168. The lowest BCUT2D eigenvalue weighted by Gasteiger charge is -2.44. The Morgan fingerprint density at radius 1 is 0.891 bits per heavy atom. The topological polar surface area (TPSA) is 149 Å². The smallest absolute Gasteiger partial charge is 0.303 e. The van der Waals surface area contributed by atoms with E-state index in [9.17, 15) is 24.0 Å². The quantitative estimate of drug-likeness (QED) is 0.140. The van der Waals surface area contributed by atoms with Gasteiger partial charge in [0.1, 0.15) is 17.5 Å². The lowest BCUT2D eigenvalue weighted by atomic mass is 9.99. The van der Waals surface area contributed by atoms with Gasteiger partial charge in [-0.05, 0) is 36.8 Å². The van der Waals surface area contributed by atoms with Gasteiger partial charge in [-0.3, -0.25) is 28.5 Å². The Morgan fingerprint density at radius 2 is 1.54 bits per heavy atom. The molecular weight excluding hydrogens is 636 g/mol. The maximum atomic E-state index is 14.3. The van der Waals surface area contributed by atoms with Crippen molar-refractivity contribution in [1.29, 1.82) is 0 Å². The van der Waals surface area contributed by atoms with Crippen LogP contribution in [0.2, 0.25) is 0 Å².